The van der Waals surface area contributed by atoms with Gasteiger partial charge in [0.05, 0.1) is 29.4 Å². The zero-order chi connectivity index (χ0) is 49.2. The normalized spacial score (nSPS) is 18.8. The number of hydrogen-bond donors (Lipinski definition) is 3. The molecular formula is C51H60F3N11O4. The van der Waals surface area contributed by atoms with E-state index < -0.39 is 29.7 Å². The Balaban J connectivity index is 0.906. The number of rotatable bonds is 11. The van der Waals surface area contributed by atoms with Gasteiger partial charge in [-0.1, -0.05) is 26.5 Å². The maximum absolute atomic E-state index is 14.0. The molecule has 3 N–H and O–H groups in total. The summed E-state index contributed by atoms with van der Waals surface area (Å²) in [5.41, 5.74) is 3.83. The lowest BCUT2D eigenvalue weighted by Gasteiger charge is -2.47. The number of piperidine rings is 1. The molecule has 1 aromatic carbocycles. The number of nitrogens with one attached hydrogen (secondary N) is 2. The lowest BCUT2D eigenvalue weighted by atomic mass is 9.88. The van der Waals surface area contributed by atoms with Crippen molar-refractivity contribution in [1.29, 1.82) is 0 Å². The molecule has 0 spiro atoms. The van der Waals surface area contributed by atoms with E-state index in [2.05, 4.69) is 67.2 Å². The van der Waals surface area contributed by atoms with Gasteiger partial charge in [0.2, 0.25) is 5.91 Å². The lowest BCUT2D eigenvalue weighted by molar-refractivity contribution is -0.181. The fraction of sp³-hybridized carbons (Fsp3) is 0.451. The van der Waals surface area contributed by atoms with Gasteiger partial charge >= 0.3 is 6.18 Å². The van der Waals surface area contributed by atoms with E-state index in [1.54, 1.807) is 48.6 Å². The monoisotopic (exact) mass is 947 g/mol. The number of anilines is 6. The molecule has 9 rings (SSSR count). The first-order chi connectivity index (χ1) is 32.8. The van der Waals surface area contributed by atoms with Crippen LogP contribution >= 0.6 is 0 Å². The number of halogens is 3. The maximum atomic E-state index is 14.0. The quantitative estimate of drug-likeness (QED) is 0.115. The SMILES string of the molecule is C=CC(=O)Nc1cc(Nc2nc(-c3ccnc(N4CCn5c(cc6c5CC(C)(C)C6)C4=O)c3CO)cn(C)c2=O)ccc1N1CCN(C2CCN(c3cccc(C(C)(C)C(F)(F)F)n3)CC2)CC1C. The highest BCUT2D eigenvalue weighted by molar-refractivity contribution is 6.06. The summed E-state index contributed by atoms with van der Waals surface area (Å²) in [6.07, 6.45) is 3.45. The van der Waals surface area contributed by atoms with Gasteiger partial charge in [0.1, 0.15) is 22.7 Å². The Kier molecular flexibility index (Phi) is 12.5. The van der Waals surface area contributed by atoms with Crippen LogP contribution in [-0.2, 0) is 43.3 Å². The Bertz CT molecular complexity index is 2880. The average Bonchev–Trinajstić information content (AvgIpc) is 3.82. The number of amides is 2. The summed E-state index contributed by atoms with van der Waals surface area (Å²) in [6.45, 7) is 16.7. The van der Waals surface area contributed by atoms with Crippen LogP contribution in [0.1, 0.15) is 80.5 Å². The van der Waals surface area contributed by atoms with Gasteiger partial charge in [-0.15, -0.1) is 0 Å². The molecule has 15 nitrogen and oxygen atoms in total. The number of fused-ring (bicyclic) bond motifs is 3. The van der Waals surface area contributed by atoms with Crippen LogP contribution in [0.5, 0.6) is 0 Å². The molecule has 3 aliphatic heterocycles. The van der Waals surface area contributed by atoms with E-state index in [0.717, 1.165) is 58.3 Å². The van der Waals surface area contributed by atoms with Crippen molar-refractivity contribution >= 4 is 46.3 Å². The van der Waals surface area contributed by atoms with Crippen LogP contribution in [0.2, 0.25) is 0 Å². The zero-order valence-corrected chi connectivity index (χ0v) is 40.0. The summed E-state index contributed by atoms with van der Waals surface area (Å²) < 4.78 is 45.0. The number of nitrogens with zero attached hydrogens (tertiary/aromatic N) is 9. The molecule has 0 bridgehead atoms. The van der Waals surface area contributed by atoms with E-state index >= 15 is 0 Å². The highest BCUT2D eigenvalue weighted by Gasteiger charge is 2.50. The standard InChI is InChI=1S/C51H60F3N11O4/c1-8-44(67)57-37-25-33(12-13-39(37)63-21-20-62(28-31(63)2)34-15-18-61(19-16-34)43-11-9-10-42(59-43)50(5,6)51(52,53)54)56-45-48(69)60(7)29-38(58-45)35-14-17-55-46(36(35)30-66)65-23-22-64-40(47(65)68)24-32-26-49(3,4)27-41(32)64/h8-14,17,24-25,29,31,34,66H,1,15-16,18-23,26-28,30H2,2-7H3,(H,56,58)(H,57,67). The van der Waals surface area contributed by atoms with Crippen LogP contribution in [0, 0.1) is 5.41 Å². The van der Waals surface area contributed by atoms with E-state index in [0.29, 0.717) is 84.3 Å². The molecule has 5 aromatic rings. The number of alkyl halides is 3. The Hall–Kier alpha value is -6.53. The molecule has 1 atom stereocenters. The summed E-state index contributed by atoms with van der Waals surface area (Å²) in [4.78, 5) is 62.8. The van der Waals surface area contributed by atoms with Gasteiger partial charge in [0.25, 0.3) is 11.5 Å². The van der Waals surface area contributed by atoms with Crippen molar-refractivity contribution in [1.82, 2.24) is 29.0 Å². The first-order valence-corrected chi connectivity index (χ1v) is 23.6. The molecule has 69 heavy (non-hydrogen) atoms. The molecule has 2 amide bonds. The maximum Gasteiger partial charge on any atom is 0.399 e. The molecule has 18 heteroatoms. The molecular weight excluding hydrogens is 888 g/mol. The van der Waals surface area contributed by atoms with Gasteiger partial charge in [0.15, 0.2) is 5.82 Å². The smallest absolute Gasteiger partial charge is 0.392 e. The zero-order valence-electron chi connectivity index (χ0n) is 40.0. The number of carbonyl (C=O) groups excluding carboxylic acids is 2. The van der Waals surface area contributed by atoms with Gasteiger partial charge in [-0.2, -0.15) is 13.2 Å². The Morgan fingerprint density at radius 3 is 2.46 bits per heavy atom. The number of aliphatic hydroxyl groups excluding tert-OH is 1. The summed E-state index contributed by atoms with van der Waals surface area (Å²) in [6, 6.07) is 14.4. The van der Waals surface area contributed by atoms with Crippen LogP contribution in [0.3, 0.4) is 0 Å². The number of piperazine rings is 1. The second-order valence-electron chi connectivity index (χ2n) is 20.1. The van der Waals surface area contributed by atoms with Crippen LogP contribution in [0.25, 0.3) is 11.3 Å². The summed E-state index contributed by atoms with van der Waals surface area (Å²) in [7, 11) is 1.61. The van der Waals surface area contributed by atoms with Crippen LogP contribution in [-0.4, -0.2) is 103 Å². The number of aromatic nitrogens is 5. The molecule has 2 fully saturated rings. The van der Waals surface area contributed by atoms with E-state index in [9.17, 15) is 32.7 Å². The summed E-state index contributed by atoms with van der Waals surface area (Å²) >= 11 is 0. The minimum atomic E-state index is -4.42. The van der Waals surface area contributed by atoms with E-state index in [1.807, 2.05) is 18.2 Å². The Morgan fingerprint density at radius 2 is 1.75 bits per heavy atom. The number of carbonyl (C=O) groups is 2. The van der Waals surface area contributed by atoms with Crippen LogP contribution in [0.4, 0.5) is 47.7 Å². The first-order valence-electron chi connectivity index (χ1n) is 23.6. The highest BCUT2D eigenvalue weighted by Crippen LogP contribution is 2.42. The molecule has 364 valence electrons. The molecule has 4 aromatic heterocycles. The van der Waals surface area contributed by atoms with Gasteiger partial charge in [-0.25, -0.2) is 15.0 Å². The fourth-order valence-corrected chi connectivity index (χ4v) is 10.6. The van der Waals surface area contributed by atoms with Gasteiger partial charge in [0, 0.05) is 99.8 Å². The van der Waals surface area contributed by atoms with Crippen molar-refractivity contribution in [3.8, 4) is 11.3 Å². The molecule has 0 saturated carbocycles. The second kappa shape index (κ2) is 18.1. The van der Waals surface area contributed by atoms with Crippen molar-refractivity contribution in [3.63, 3.8) is 0 Å². The van der Waals surface area contributed by atoms with Crippen molar-refractivity contribution in [3.05, 3.63) is 112 Å². The number of aliphatic hydroxyl groups is 1. The molecule has 7 heterocycles. The minimum absolute atomic E-state index is 0.00564. The second-order valence-corrected chi connectivity index (χ2v) is 20.1. The fourth-order valence-electron chi connectivity index (χ4n) is 10.6. The number of aryl methyl sites for hydroxylation is 1. The third-order valence-corrected chi connectivity index (χ3v) is 14.5. The third-order valence-electron chi connectivity index (χ3n) is 14.5. The van der Waals surface area contributed by atoms with E-state index in [-0.39, 0.29) is 28.9 Å². The Labute approximate surface area is 399 Å². The van der Waals surface area contributed by atoms with Gasteiger partial charge in [-0.3, -0.25) is 24.2 Å². The predicted molar refractivity (Wildman–Crippen MR) is 261 cm³/mol. The molecule has 4 aliphatic rings. The van der Waals surface area contributed by atoms with Crippen LogP contribution < -0.4 is 30.9 Å². The Morgan fingerprint density at radius 1 is 0.986 bits per heavy atom. The number of hydrogen-bond acceptors (Lipinski definition) is 11. The summed E-state index contributed by atoms with van der Waals surface area (Å²) in [5.74, 6) is 0.328. The number of benzene rings is 1. The van der Waals surface area contributed by atoms with Gasteiger partial charge < -0.3 is 34.7 Å². The lowest BCUT2D eigenvalue weighted by Crippen LogP contribution is -2.57. The van der Waals surface area contributed by atoms with E-state index in [4.69, 9.17) is 4.98 Å². The topological polar surface area (TPSA) is 157 Å². The minimum Gasteiger partial charge on any atom is -0.392 e. The van der Waals surface area contributed by atoms with Crippen molar-refractivity contribution in [2.45, 2.75) is 97.1 Å². The molecule has 2 saturated heterocycles. The molecule has 1 aliphatic carbocycles. The highest BCUT2D eigenvalue weighted by atomic mass is 19.4. The first kappa shape index (κ1) is 47.5. The summed E-state index contributed by atoms with van der Waals surface area (Å²) in [5, 5.41) is 17.0. The third kappa shape index (κ3) is 8.99. The number of pyridine rings is 2. The van der Waals surface area contributed by atoms with Crippen molar-refractivity contribution in [2.75, 3.05) is 64.6 Å². The van der Waals surface area contributed by atoms with E-state index in [1.165, 1.54) is 28.0 Å². The molecule has 1 unspecified atom stereocenters. The largest absolute Gasteiger partial charge is 0.399 e. The van der Waals surface area contributed by atoms with Crippen molar-refractivity contribution in [2.24, 2.45) is 12.5 Å². The van der Waals surface area contributed by atoms with Crippen LogP contribution in [0.15, 0.2) is 78.4 Å². The average molecular weight is 948 g/mol. The predicted octanol–water partition coefficient (Wildman–Crippen LogP) is 7.20. The molecule has 0 radical (unpaired) electrons. The van der Waals surface area contributed by atoms with Crippen molar-refractivity contribution < 1.29 is 27.9 Å². The van der Waals surface area contributed by atoms with Gasteiger partial charge in [-0.05, 0) is 106 Å².